The van der Waals surface area contributed by atoms with Gasteiger partial charge in [0.2, 0.25) is 0 Å². The predicted molar refractivity (Wildman–Crippen MR) is 68.0 cm³/mol. The topological polar surface area (TPSA) is 32.7 Å². The van der Waals surface area contributed by atoms with Gasteiger partial charge in [-0.1, -0.05) is 12.1 Å². The van der Waals surface area contributed by atoms with Gasteiger partial charge in [-0.05, 0) is 37.5 Å². The summed E-state index contributed by atoms with van der Waals surface area (Å²) in [6, 6.07) is 7.52. The minimum Gasteiger partial charge on any atom is -0.508 e. The summed E-state index contributed by atoms with van der Waals surface area (Å²) in [6.07, 6.45) is 2.68. The second-order valence-electron chi connectivity index (χ2n) is 4.60. The van der Waals surface area contributed by atoms with E-state index < -0.39 is 0 Å². The van der Waals surface area contributed by atoms with Gasteiger partial charge in [0, 0.05) is 26.2 Å². The van der Waals surface area contributed by atoms with Gasteiger partial charge in [0.1, 0.15) is 5.75 Å². The van der Waals surface area contributed by atoms with E-state index in [1.54, 1.807) is 6.07 Å². The highest BCUT2D eigenvalue weighted by atomic mass is 16.5. The largest absolute Gasteiger partial charge is 0.508 e. The summed E-state index contributed by atoms with van der Waals surface area (Å²) in [4.78, 5) is 2.42. The Kier molecular flexibility index (Phi) is 4.40. The summed E-state index contributed by atoms with van der Waals surface area (Å²) >= 11 is 0. The molecule has 2 rings (SSSR count). The molecule has 1 aliphatic rings. The summed E-state index contributed by atoms with van der Waals surface area (Å²) < 4.78 is 5.63. The monoisotopic (exact) mass is 235 g/mol. The van der Waals surface area contributed by atoms with Gasteiger partial charge in [-0.2, -0.15) is 0 Å². The maximum atomic E-state index is 9.42. The zero-order valence-electron chi connectivity index (χ0n) is 10.4. The van der Waals surface area contributed by atoms with Crippen molar-refractivity contribution < 1.29 is 9.84 Å². The molecule has 3 nitrogen and oxygen atoms in total. The third-order valence-electron chi connectivity index (χ3n) is 3.25. The lowest BCUT2D eigenvalue weighted by Gasteiger charge is -2.31. The Morgan fingerprint density at radius 1 is 1.35 bits per heavy atom. The zero-order valence-corrected chi connectivity index (χ0v) is 10.4. The summed E-state index contributed by atoms with van der Waals surface area (Å²) in [5.74, 6) is 0.353. The predicted octanol–water partition coefficient (Wildman–Crippen LogP) is 2.39. The first-order valence-corrected chi connectivity index (χ1v) is 6.40. The van der Waals surface area contributed by atoms with E-state index in [2.05, 4.69) is 17.9 Å². The van der Waals surface area contributed by atoms with E-state index in [-0.39, 0.29) is 0 Å². The highest BCUT2D eigenvalue weighted by Gasteiger charge is 2.19. The number of likely N-dealkylation sites (tertiary alicyclic amines) is 1. The van der Waals surface area contributed by atoms with Crippen LogP contribution in [0.5, 0.6) is 5.75 Å². The van der Waals surface area contributed by atoms with Gasteiger partial charge in [-0.3, -0.25) is 4.90 Å². The van der Waals surface area contributed by atoms with Gasteiger partial charge < -0.3 is 9.84 Å². The Hall–Kier alpha value is -1.06. The first-order chi connectivity index (χ1) is 8.28. The number of piperidine rings is 1. The van der Waals surface area contributed by atoms with Gasteiger partial charge in [0.05, 0.1) is 6.10 Å². The first-order valence-electron chi connectivity index (χ1n) is 6.40. The van der Waals surface area contributed by atoms with E-state index in [0.717, 1.165) is 39.1 Å². The quantitative estimate of drug-likeness (QED) is 0.869. The number of rotatable bonds is 4. The zero-order chi connectivity index (χ0) is 12.1. The van der Waals surface area contributed by atoms with Crippen LogP contribution in [0.15, 0.2) is 24.3 Å². The first kappa shape index (κ1) is 12.4. The Morgan fingerprint density at radius 3 is 2.76 bits per heavy atom. The average molecular weight is 235 g/mol. The third kappa shape index (κ3) is 3.72. The average Bonchev–Trinajstić information content (AvgIpc) is 2.32. The molecule has 0 bridgehead atoms. The molecule has 1 saturated heterocycles. The molecule has 3 heteroatoms. The van der Waals surface area contributed by atoms with Crippen molar-refractivity contribution in [1.29, 1.82) is 0 Å². The van der Waals surface area contributed by atoms with E-state index in [1.807, 2.05) is 12.1 Å². The van der Waals surface area contributed by atoms with Gasteiger partial charge in [0.25, 0.3) is 0 Å². The van der Waals surface area contributed by atoms with E-state index in [4.69, 9.17) is 4.74 Å². The molecule has 1 heterocycles. The van der Waals surface area contributed by atoms with E-state index >= 15 is 0 Å². The molecule has 0 amide bonds. The van der Waals surface area contributed by atoms with Crippen molar-refractivity contribution in [3.05, 3.63) is 29.8 Å². The number of benzene rings is 1. The lowest BCUT2D eigenvalue weighted by molar-refractivity contribution is 0.0125. The van der Waals surface area contributed by atoms with Crippen LogP contribution in [0.25, 0.3) is 0 Å². The minimum atomic E-state index is 0.353. The van der Waals surface area contributed by atoms with Crippen LogP contribution in [0.4, 0.5) is 0 Å². The van der Waals surface area contributed by atoms with Crippen LogP contribution in [0.3, 0.4) is 0 Å². The van der Waals surface area contributed by atoms with Gasteiger partial charge in [0.15, 0.2) is 0 Å². The van der Waals surface area contributed by atoms with Crippen LogP contribution in [-0.4, -0.2) is 35.8 Å². The molecule has 1 N–H and O–H groups in total. The molecule has 17 heavy (non-hydrogen) atoms. The molecule has 1 fully saturated rings. The highest BCUT2D eigenvalue weighted by molar-refractivity contribution is 5.27. The summed E-state index contributed by atoms with van der Waals surface area (Å²) in [5, 5.41) is 9.42. The number of ether oxygens (including phenoxy) is 1. The molecule has 94 valence electrons. The van der Waals surface area contributed by atoms with Crippen molar-refractivity contribution in [2.75, 3.05) is 19.7 Å². The molecule has 0 unspecified atom stereocenters. The van der Waals surface area contributed by atoms with Gasteiger partial charge in [-0.15, -0.1) is 0 Å². The fraction of sp³-hybridized carbons (Fsp3) is 0.571. The second-order valence-corrected chi connectivity index (χ2v) is 4.60. The summed E-state index contributed by atoms with van der Waals surface area (Å²) in [5.41, 5.74) is 1.18. The lowest BCUT2D eigenvalue weighted by Crippen LogP contribution is -2.36. The number of phenolic OH excluding ortho intramolecular Hbond substituents is 1. The third-order valence-corrected chi connectivity index (χ3v) is 3.25. The number of phenols is 1. The van der Waals surface area contributed by atoms with Crippen LogP contribution < -0.4 is 0 Å². The molecule has 0 radical (unpaired) electrons. The van der Waals surface area contributed by atoms with Crippen LogP contribution in [0.2, 0.25) is 0 Å². The SMILES string of the molecule is CCOC1CCN(Cc2cccc(O)c2)CC1. The number of aromatic hydroxyl groups is 1. The number of nitrogens with zero attached hydrogens (tertiary/aromatic N) is 1. The fourth-order valence-electron chi connectivity index (χ4n) is 2.38. The summed E-state index contributed by atoms with van der Waals surface area (Å²) in [6.45, 7) is 5.96. The standard InChI is InChI=1S/C14H21NO2/c1-2-17-14-6-8-15(9-7-14)11-12-4-3-5-13(16)10-12/h3-5,10,14,16H,2,6-9,11H2,1H3. The van der Waals surface area contributed by atoms with Crippen LogP contribution in [0, 0.1) is 0 Å². The molecule has 1 aromatic carbocycles. The van der Waals surface area contributed by atoms with Gasteiger partial charge >= 0.3 is 0 Å². The molecule has 1 aromatic rings. The molecule has 0 saturated carbocycles. The molecule has 0 aromatic heterocycles. The van der Waals surface area contributed by atoms with Crippen molar-refractivity contribution in [3.63, 3.8) is 0 Å². The number of hydrogen-bond donors (Lipinski definition) is 1. The van der Waals surface area contributed by atoms with Gasteiger partial charge in [-0.25, -0.2) is 0 Å². The Balaban J connectivity index is 1.82. The Bertz CT molecular complexity index is 346. The van der Waals surface area contributed by atoms with Crippen molar-refractivity contribution in [2.45, 2.75) is 32.4 Å². The van der Waals surface area contributed by atoms with Crippen molar-refractivity contribution >= 4 is 0 Å². The maximum absolute atomic E-state index is 9.42. The van der Waals surface area contributed by atoms with Crippen molar-refractivity contribution in [2.24, 2.45) is 0 Å². The highest BCUT2D eigenvalue weighted by Crippen LogP contribution is 2.18. The molecular formula is C14H21NO2. The Morgan fingerprint density at radius 2 is 2.12 bits per heavy atom. The molecule has 0 spiro atoms. The van der Waals surface area contributed by atoms with E-state index in [0.29, 0.717) is 11.9 Å². The normalized spacial score (nSPS) is 18.4. The summed E-state index contributed by atoms with van der Waals surface area (Å²) in [7, 11) is 0. The second kappa shape index (κ2) is 6.03. The molecule has 0 atom stereocenters. The number of hydrogen-bond acceptors (Lipinski definition) is 3. The smallest absolute Gasteiger partial charge is 0.115 e. The van der Waals surface area contributed by atoms with Crippen molar-refractivity contribution in [3.8, 4) is 5.75 Å². The molecular weight excluding hydrogens is 214 g/mol. The van der Waals surface area contributed by atoms with Crippen LogP contribution >= 0.6 is 0 Å². The fourth-order valence-corrected chi connectivity index (χ4v) is 2.38. The molecule has 0 aliphatic carbocycles. The van der Waals surface area contributed by atoms with Crippen molar-refractivity contribution in [1.82, 2.24) is 4.90 Å². The molecule has 1 aliphatic heterocycles. The van der Waals surface area contributed by atoms with E-state index in [9.17, 15) is 5.11 Å². The van der Waals surface area contributed by atoms with E-state index in [1.165, 1.54) is 5.56 Å². The maximum Gasteiger partial charge on any atom is 0.115 e. The lowest BCUT2D eigenvalue weighted by atomic mass is 10.1. The Labute approximate surface area is 103 Å². The van der Waals surface area contributed by atoms with Crippen LogP contribution in [-0.2, 0) is 11.3 Å². The minimum absolute atomic E-state index is 0.353. The van der Waals surface area contributed by atoms with Crippen LogP contribution in [0.1, 0.15) is 25.3 Å².